The average molecular weight is 315 g/mol. The van der Waals surface area contributed by atoms with Crippen LogP contribution in [-0.4, -0.2) is 22.6 Å². The van der Waals surface area contributed by atoms with Gasteiger partial charge in [-0.15, -0.1) is 0 Å². The van der Waals surface area contributed by atoms with E-state index in [1.54, 1.807) is 12.1 Å². The molecule has 0 aliphatic carbocycles. The number of nitrogens with one attached hydrogen (secondary N) is 1. The predicted octanol–water partition coefficient (Wildman–Crippen LogP) is 2.92. The molecule has 7 heteroatoms. The largest absolute Gasteiger partial charge is 0.448 e. The first-order valence-electron chi connectivity index (χ1n) is 7.41. The maximum atomic E-state index is 13.8. The maximum Gasteiger partial charge on any atom is 0.293 e. The van der Waals surface area contributed by atoms with Crippen molar-refractivity contribution in [1.29, 1.82) is 0 Å². The van der Waals surface area contributed by atoms with E-state index in [9.17, 15) is 9.18 Å². The predicted molar refractivity (Wildman–Crippen MR) is 79.2 cm³/mol. The number of rotatable bonds is 2. The second kappa shape index (κ2) is 5.19. The van der Waals surface area contributed by atoms with Gasteiger partial charge in [-0.3, -0.25) is 4.79 Å². The Labute approximate surface area is 130 Å². The molecule has 1 saturated heterocycles. The van der Waals surface area contributed by atoms with Crippen LogP contribution in [0.25, 0.3) is 22.6 Å². The highest BCUT2D eigenvalue weighted by Gasteiger charge is 2.25. The topological polar surface area (TPSA) is 81.2 Å². The van der Waals surface area contributed by atoms with Gasteiger partial charge in [0.25, 0.3) is 5.89 Å². The van der Waals surface area contributed by atoms with E-state index in [1.165, 1.54) is 6.07 Å². The second-order valence-electron chi connectivity index (χ2n) is 5.72. The first-order chi connectivity index (χ1) is 11.1. The number of furan rings is 1. The summed E-state index contributed by atoms with van der Waals surface area (Å²) in [6.07, 6.45) is 1.13. The molecule has 6 nitrogen and oxygen atoms in total. The van der Waals surface area contributed by atoms with Crippen molar-refractivity contribution in [2.45, 2.75) is 25.7 Å². The number of fused-ring (bicyclic) bond motifs is 1. The quantitative estimate of drug-likeness (QED) is 0.786. The highest BCUT2D eigenvalue weighted by molar-refractivity contribution is 5.85. The van der Waals surface area contributed by atoms with E-state index in [0.717, 1.165) is 5.56 Å². The van der Waals surface area contributed by atoms with Crippen molar-refractivity contribution < 1.29 is 18.1 Å². The van der Waals surface area contributed by atoms with Crippen LogP contribution in [0.15, 0.2) is 27.1 Å². The fraction of sp³-hybridized carbons (Fsp3) is 0.312. The number of carbonyl (C=O) groups excluding carboxylic acids is 1. The van der Waals surface area contributed by atoms with Crippen molar-refractivity contribution in [2.75, 3.05) is 6.54 Å². The zero-order chi connectivity index (χ0) is 16.0. The summed E-state index contributed by atoms with van der Waals surface area (Å²) in [6.45, 7) is 2.37. The number of hydrogen-bond donors (Lipinski definition) is 1. The van der Waals surface area contributed by atoms with Gasteiger partial charge in [-0.2, -0.15) is 4.98 Å². The average Bonchev–Trinajstić information content (AvgIpc) is 3.19. The number of benzene rings is 1. The summed E-state index contributed by atoms with van der Waals surface area (Å²) in [5.74, 6) is 0.712. The van der Waals surface area contributed by atoms with E-state index < -0.39 is 5.82 Å². The lowest BCUT2D eigenvalue weighted by molar-refractivity contribution is -0.122. The number of amides is 1. The van der Waals surface area contributed by atoms with E-state index in [2.05, 4.69) is 15.5 Å². The van der Waals surface area contributed by atoms with Crippen LogP contribution in [0.1, 0.15) is 30.1 Å². The van der Waals surface area contributed by atoms with Crippen molar-refractivity contribution in [1.82, 2.24) is 15.5 Å². The van der Waals surface area contributed by atoms with Crippen molar-refractivity contribution >= 4 is 16.9 Å². The van der Waals surface area contributed by atoms with Crippen molar-refractivity contribution in [3.8, 4) is 11.7 Å². The number of aromatic nitrogens is 2. The minimum absolute atomic E-state index is 0.0213. The molecule has 0 saturated carbocycles. The third kappa shape index (κ3) is 2.38. The molecule has 1 N–H and O–H groups in total. The summed E-state index contributed by atoms with van der Waals surface area (Å²) in [5.41, 5.74) is 1.09. The fourth-order valence-corrected chi connectivity index (χ4v) is 2.78. The van der Waals surface area contributed by atoms with Crippen LogP contribution in [-0.2, 0) is 4.79 Å². The van der Waals surface area contributed by atoms with Crippen LogP contribution in [0.5, 0.6) is 0 Å². The summed E-state index contributed by atoms with van der Waals surface area (Å²) < 4.78 is 24.6. The number of piperidine rings is 1. The molecule has 3 aromatic rings. The lowest BCUT2D eigenvalue weighted by atomic mass is 9.99. The Balaban J connectivity index is 1.68. The number of hydrogen-bond acceptors (Lipinski definition) is 5. The Morgan fingerprint density at radius 3 is 3.00 bits per heavy atom. The molecule has 1 aromatic carbocycles. The molecule has 1 aliphatic rings. The van der Waals surface area contributed by atoms with Gasteiger partial charge in [-0.25, -0.2) is 4.39 Å². The van der Waals surface area contributed by atoms with Gasteiger partial charge in [0.2, 0.25) is 5.91 Å². The van der Waals surface area contributed by atoms with E-state index in [1.807, 2.05) is 6.92 Å². The van der Waals surface area contributed by atoms with E-state index in [0.29, 0.717) is 36.4 Å². The van der Waals surface area contributed by atoms with Gasteiger partial charge in [0.1, 0.15) is 0 Å². The Kier molecular flexibility index (Phi) is 3.14. The molecule has 0 bridgehead atoms. The molecule has 0 unspecified atom stereocenters. The summed E-state index contributed by atoms with van der Waals surface area (Å²) in [6, 6.07) is 4.77. The van der Waals surface area contributed by atoms with E-state index in [4.69, 9.17) is 8.94 Å². The maximum absolute atomic E-state index is 13.8. The molecule has 0 spiro atoms. The third-order valence-electron chi connectivity index (χ3n) is 4.14. The molecule has 1 atom stereocenters. The highest BCUT2D eigenvalue weighted by atomic mass is 19.1. The summed E-state index contributed by atoms with van der Waals surface area (Å²) in [4.78, 5) is 15.5. The molecule has 23 heavy (non-hydrogen) atoms. The number of nitrogens with zero attached hydrogens (tertiary/aromatic N) is 2. The van der Waals surface area contributed by atoms with Crippen molar-refractivity contribution in [3.63, 3.8) is 0 Å². The molecule has 2 aromatic heterocycles. The van der Waals surface area contributed by atoms with Gasteiger partial charge in [-0.1, -0.05) is 11.2 Å². The zero-order valence-electron chi connectivity index (χ0n) is 12.4. The van der Waals surface area contributed by atoms with Crippen LogP contribution < -0.4 is 5.32 Å². The lowest BCUT2D eigenvalue weighted by Gasteiger charge is -2.18. The minimum Gasteiger partial charge on any atom is -0.448 e. The molecule has 118 valence electrons. The zero-order valence-corrected chi connectivity index (χ0v) is 12.4. The first-order valence-corrected chi connectivity index (χ1v) is 7.41. The van der Waals surface area contributed by atoms with E-state index >= 15 is 0 Å². The van der Waals surface area contributed by atoms with Gasteiger partial charge < -0.3 is 14.3 Å². The van der Waals surface area contributed by atoms with Crippen LogP contribution in [0, 0.1) is 12.7 Å². The summed E-state index contributed by atoms with van der Waals surface area (Å²) >= 11 is 0. The number of carbonyl (C=O) groups is 1. The normalized spacial score (nSPS) is 18.3. The van der Waals surface area contributed by atoms with Crippen LogP contribution in [0.2, 0.25) is 0 Å². The highest BCUT2D eigenvalue weighted by Crippen LogP contribution is 2.31. The summed E-state index contributed by atoms with van der Waals surface area (Å²) in [7, 11) is 0. The Morgan fingerprint density at radius 1 is 1.39 bits per heavy atom. The molecule has 4 rings (SSSR count). The minimum atomic E-state index is -0.424. The standard InChI is InChI=1S/C16H14FN3O3/c1-8-2-4-11(17)14-10(8)6-12(22-14)16-19-15(20-23-16)9-3-5-13(21)18-7-9/h2,4,6,9H,3,5,7H2,1H3,(H,18,21)/t9-/m0/s1. The van der Waals surface area contributed by atoms with E-state index in [-0.39, 0.29) is 23.3 Å². The molecule has 0 radical (unpaired) electrons. The lowest BCUT2D eigenvalue weighted by Crippen LogP contribution is -2.34. The van der Waals surface area contributed by atoms with Crippen molar-refractivity contribution in [2.24, 2.45) is 0 Å². The monoisotopic (exact) mass is 315 g/mol. The number of aryl methyl sites for hydroxylation is 1. The number of halogens is 1. The molecule has 1 aliphatic heterocycles. The molecular formula is C16H14FN3O3. The SMILES string of the molecule is Cc1ccc(F)c2oc(-c3nc([C@H]4CCC(=O)NC4)no3)cc12. The Bertz CT molecular complexity index is 850. The molecule has 1 fully saturated rings. The second-order valence-corrected chi connectivity index (χ2v) is 5.72. The van der Waals surface area contributed by atoms with Gasteiger partial charge in [0.15, 0.2) is 23.0 Å². The smallest absolute Gasteiger partial charge is 0.293 e. The van der Waals surface area contributed by atoms with Gasteiger partial charge in [-0.05, 0) is 31.0 Å². The summed E-state index contributed by atoms with van der Waals surface area (Å²) in [5, 5.41) is 7.43. The third-order valence-corrected chi connectivity index (χ3v) is 4.14. The fourth-order valence-electron chi connectivity index (χ4n) is 2.78. The van der Waals surface area contributed by atoms with Gasteiger partial charge in [0.05, 0.1) is 0 Å². The van der Waals surface area contributed by atoms with Crippen LogP contribution in [0.4, 0.5) is 4.39 Å². The molecule has 3 heterocycles. The van der Waals surface area contributed by atoms with Crippen molar-refractivity contribution in [3.05, 3.63) is 35.4 Å². The van der Waals surface area contributed by atoms with Crippen LogP contribution in [0.3, 0.4) is 0 Å². The van der Waals surface area contributed by atoms with Crippen LogP contribution >= 0.6 is 0 Å². The molecular weight excluding hydrogens is 301 g/mol. The Hall–Kier alpha value is -2.70. The first kappa shape index (κ1) is 13.9. The Morgan fingerprint density at radius 2 is 2.26 bits per heavy atom. The molecule has 1 amide bonds. The van der Waals surface area contributed by atoms with Gasteiger partial charge >= 0.3 is 0 Å². The van der Waals surface area contributed by atoms with Gasteiger partial charge in [0, 0.05) is 24.3 Å².